The highest BCUT2D eigenvalue weighted by molar-refractivity contribution is 5.58. The highest BCUT2D eigenvalue weighted by Crippen LogP contribution is 2.30. The molecule has 0 fully saturated rings. The lowest BCUT2D eigenvalue weighted by Crippen LogP contribution is -2.35. The van der Waals surface area contributed by atoms with E-state index in [1.54, 1.807) is 6.07 Å². The first-order valence-corrected chi connectivity index (χ1v) is 6.11. The summed E-state index contributed by atoms with van der Waals surface area (Å²) < 4.78 is 13.1. The van der Waals surface area contributed by atoms with Gasteiger partial charge < -0.3 is 5.32 Å². The molecule has 0 atom stereocenters. The van der Waals surface area contributed by atoms with Crippen molar-refractivity contribution in [2.45, 2.75) is 46.6 Å². The molecule has 0 aliphatic heterocycles. The Morgan fingerprint density at radius 1 is 1.22 bits per heavy atom. The van der Waals surface area contributed by atoms with E-state index in [1.807, 2.05) is 6.07 Å². The molecular weight excluding hydrogens is 227 g/mol. The summed E-state index contributed by atoms with van der Waals surface area (Å²) in [5, 5.41) is 12.3. The van der Waals surface area contributed by atoms with Crippen LogP contribution in [0.5, 0.6) is 0 Å². The van der Waals surface area contributed by atoms with E-state index in [9.17, 15) is 4.39 Å². The van der Waals surface area contributed by atoms with Crippen LogP contribution in [-0.4, -0.2) is 5.54 Å². The molecule has 0 spiro atoms. The van der Waals surface area contributed by atoms with Gasteiger partial charge in [-0.05, 0) is 43.9 Å². The molecule has 0 radical (unpaired) electrons. The Kier molecular flexibility index (Phi) is 4.01. The van der Waals surface area contributed by atoms with Crippen molar-refractivity contribution in [3.8, 4) is 6.07 Å². The summed E-state index contributed by atoms with van der Waals surface area (Å²) in [5.41, 5.74) is 1.07. The van der Waals surface area contributed by atoms with Gasteiger partial charge in [0.1, 0.15) is 11.9 Å². The second-order valence-electron chi connectivity index (χ2n) is 6.55. The van der Waals surface area contributed by atoms with E-state index in [0.717, 1.165) is 6.42 Å². The summed E-state index contributed by atoms with van der Waals surface area (Å²) in [4.78, 5) is 0. The van der Waals surface area contributed by atoms with Crippen molar-refractivity contribution in [2.24, 2.45) is 5.41 Å². The molecule has 1 N–H and O–H groups in total. The average Bonchev–Trinajstić information content (AvgIpc) is 2.16. The summed E-state index contributed by atoms with van der Waals surface area (Å²) in [6.45, 7) is 10.7. The molecule has 1 rings (SSSR count). The van der Waals surface area contributed by atoms with Crippen LogP contribution in [0.2, 0.25) is 0 Å². The van der Waals surface area contributed by atoms with Gasteiger partial charge in [0.25, 0.3) is 0 Å². The van der Waals surface area contributed by atoms with Gasteiger partial charge in [0.2, 0.25) is 0 Å². The van der Waals surface area contributed by atoms with E-state index in [0.29, 0.717) is 11.3 Å². The van der Waals surface area contributed by atoms with E-state index in [4.69, 9.17) is 5.26 Å². The largest absolute Gasteiger partial charge is 0.379 e. The molecule has 0 heterocycles. The maximum Gasteiger partial charge on any atom is 0.124 e. The van der Waals surface area contributed by atoms with Crippen LogP contribution in [0.15, 0.2) is 18.2 Å². The number of anilines is 1. The molecule has 0 aromatic heterocycles. The highest BCUT2D eigenvalue weighted by atomic mass is 19.1. The molecular formula is C15H21FN2. The van der Waals surface area contributed by atoms with Gasteiger partial charge in [-0.3, -0.25) is 0 Å². The minimum atomic E-state index is -0.384. The normalized spacial score (nSPS) is 12.1. The Bertz CT molecular complexity index is 464. The van der Waals surface area contributed by atoms with Crippen molar-refractivity contribution in [3.05, 3.63) is 29.6 Å². The van der Waals surface area contributed by atoms with Gasteiger partial charge in [-0.1, -0.05) is 20.8 Å². The van der Waals surface area contributed by atoms with Gasteiger partial charge in [-0.25, -0.2) is 4.39 Å². The van der Waals surface area contributed by atoms with Crippen LogP contribution in [-0.2, 0) is 0 Å². The first kappa shape index (κ1) is 14.5. The van der Waals surface area contributed by atoms with Gasteiger partial charge >= 0.3 is 0 Å². The number of benzene rings is 1. The summed E-state index contributed by atoms with van der Waals surface area (Å²) in [5.74, 6) is -0.384. The second kappa shape index (κ2) is 4.97. The Hall–Kier alpha value is -1.56. The monoisotopic (exact) mass is 248 g/mol. The molecule has 0 unspecified atom stereocenters. The van der Waals surface area contributed by atoms with Gasteiger partial charge in [0.15, 0.2) is 0 Å². The molecule has 1 aromatic rings. The lowest BCUT2D eigenvalue weighted by molar-refractivity contribution is 0.302. The lowest BCUT2D eigenvalue weighted by atomic mass is 9.81. The zero-order chi connectivity index (χ0) is 14.0. The molecule has 98 valence electrons. The molecule has 2 nitrogen and oxygen atoms in total. The summed E-state index contributed by atoms with van der Waals surface area (Å²) in [6, 6.07) is 6.27. The molecule has 1 aromatic carbocycles. The summed E-state index contributed by atoms with van der Waals surface area (Å²) >= 11 is 0. The second-order valence-corrected chi connectivity index (χ2v) is 6.55. The van der Waals surface area contributed by atoms with Crippen LogP contribution < -0.4 is 5.32 Å². The topological polar surface area (TPSA) is 35.8 Å². The maximum absolute atomic E-state index is 13.1. The number of rotatable bonds is 3. The molecule has 0 aliphatic carbocycles. The summed E-state index contributed by atoms with van der Waals surface area (Å²) in [7, 11) is 0. The molecule has 3 heteroatoms. The van der Waals surface area contributed by atoms with Crippen LogP contribution >= 0.6 is 0 Å². The van der Waals surface area contributed by atoms with E-state index < -0.39 is 0 Å². The third kappa shape index (κ3) is 4.37. The minimum absolute atomic E-state index is 0.151. The van der Waals surface area contributed by atoms with Crippen molar-refractivity contribution in [1.82, 2.24) is 0 Å². The van der Waals surface area contributed by atoms with Gasteiger partial charge in [0.05, 0.1) is 11.3 Å². The van der Waals surface area contributed by atoms with Gasteiger partial charge in [-0.15, -0.1) is 0 Å². The number of nitrogens with zero attached hydrogens (tertiary/aromatic N) is 1. The molecule has 0 aliphatic rings. The number of nitriles is 1. The molecule has 0 saturated carbocycles. The van der Waals surface area contributed by atoms with E-state index in [1.165, 1.54) is 12.1 Å². The van der Waals surface area contributed by atoms with E-state index in [-0.39, 0.29) is 16.8 Å². The van der Waals surface area contributed by atoms with Crippen LogP contribution in [0, 0.1) is 22.6 Å². The molecule has 0 amide bonds. The first-order valence-electron chi connectivity index (χ1n) is 6.11. The molecule has 0 bridgehead atoms. The minimum Gasteiger partial charge on any atom is -0.379 e. The highest BCUT2D eigenvalue weighted by Gasteiger charge is 2.25. The van der Waals surface area contributed by atoms with Crippen LogP contribution in [0.1, 0.15) is 46.6 Å². The third-order valence-corrected chi connectivity index (χ3v) is 2.55. The average molecular weight is 248 g/mol. The zero-order valence-electron chi connectivity index (χ0n) is 11.8. The van der Waals surface area contributed by atoms with Crippen LogP contribution in [0.4, 0.5) is 10.1 Å². The van der Waals surface area contributed by atoms with Gasteiger partial charge in [0, 0.05) is 5.54 Å². The van der Waals surface area contributed by atoms with Crippen molar-refractivity contribution >= 4 is 5.69 Å². The Morgan fingerprint density at radius 2 is 1.83 bits per heavy atom. The molecule has 18 heavy (non-hydrogen) atoms. The van der Waals surface area contributed by atoms with Crippen LogP contribution in [0.3, 0.4) is 0 Å². The number of halogens is 1. The van der Waals surface area contributed by atoms with Crippen molar-refractivity contribution in [1.29, 1.82) is 5.26 Å². The SMILES string of the molecule is CC(C)(C)CC(C)(C)Nc1ccc(F)cc1C#N. The summed E-state index contributed by atoms with van der Waals surface area (Å²) in [6.07, 6.45) is 0.947. The predicted octanol–water partition coefficient (Wildman–Crippen LogP) is 4.32. The zero-order valence-corrected chi connectivity index (χ0v) is 11.8. The smallest absolute Gasteiger partial charge is 0.124 e. The van der Waals surface area contributed by atoms with Gasteiger partial charge in [-0.2, -0.15) is 5.26 Å². The number of nitrogens with one attached hydrogen (secondary N) is 1. The van der Waals surface area contributed by atoms with Crippen molar-refractivity contribution in [2.75, 3.05) is 5.32 Å². The first-order chi connectivity index (χ1) is 8.13. The Labute approximate surface area is 109 Å². The third-order valence-electron chi connectivity index (χ3n) is 2.55. The van der Waals surface area contributed by atoms with Crippen molar-refractivity contribution < 1.29 is 4.39 Å². The standard InChI is InChI=1S/C15H21FN2/c1-14(2,3)10-15(4,5)18-13-7-6-12(16)8-11(13)9-17/h6-8,18H,10H2,1-5H3. The number of hydrogen-bond donors (Lipinski definition) is 1. The predicted molar refractivity (Wildman–Crippen MR) is 72.9 cm³/mol. The lowest BCUT2D eigenvalue weighted by Gasteiger charge is -2.34. The van der Waals surface area contributed by atoms with Crippen LogP contribution in [0.25, 0.3) is 0 Å². The molecule has 0 saturated heterocycles. The van der Waals surface area contributed by atoms with Crippen molar-refractivity contribution in [3.63, 3.8) is 0 Å². The number of hydrogen-bond acceptors (Lipinski definition) is 2. The Balaban J connectivity index is 2.94. The fourth-order valence-electron chi connectivity index (χ4n) is 2.45. The fraction of sp³-hybridized carbons (Fsp3) is 0.533. The van der Waals surface area contributed by atoms with E-state index in [2.05, 4.69) is 39.9 Å². The fourth-order valence-corrected chi connectivity index (χ4v) is 2.45. The Morgan fingerprint density at radius 3 is 2.33 bits per heavy atom. The quantitative estimate of drug-likeness (QED) is 0.864. The van der Waals surface area contributed by atoms with E-state index >= 15 is 0 Å². The maximum atomic E-state index is 13.1.